The summed E-state index contributed by atoms with van der Waals surface area (Å²) in [6.45, 7) is 3.38. The lowest BCUT2D eigenvalue weighted by atomic mass is 10.0. The molecule has 0 aliphatic carbocycles. The summed E-state index contributed by atoms with van der Waals surface area (Å²) in [5, 5.41) is 22.5. The Hall–Kier alpha value is -1.31. The average molecular weight is 361 g/mol. The number of nitrogens with zero attached hydrogens (tertiary/aromatic N) is 2. The van der Waals surface area contributed by atoms with Gasteiger partial charge < -0.3 is 15.0 Å². The Morgan fingerprint density at radius 3 is 2.79 bits per heavy atom. The van der Waals surface area contributed by atoms with Gasteiger partial charge in [-0.05, 0) is 31.2 Å². The monoisotopic (exact) mass is 361 g/mol. The van der Waals surface area contributed by atoms with Gasteiger partial charge in [0.25, 0.3) is 0 Å². The van der Waals surface area contributed by atoms with E-state index in [1.165, 1.54) is 4.31 Å². The van der Waals surface area contributed by atoms with Gasteiger partial charge in [-0.2, -0.15) is 18.4 Å². The van der Waals surface area contributed by atoms with Gasteiger partial charge in [0, 0.05) is 13.1 Å². The summed E-state index contributed by atoms with van der Waals surface area (Å²) < 4.78 is 52.3. The van der Waals surface area contributed by atoms with Crippen molar-refractivity contribution in [3.05, 3.63) is 29.3 Å². The van der Waals surface area contributed by atoms with E-state index in [2.05, 4.69) is 5.32 Å². The van der Waals surface area contributed by atoms with Crippen LogP contribution in [0.15, 0.2) is 23.1 Å². The van der Waals surface area contributed by atoms with Crippen LogP contribution in [0.3, 0.4) is 0 Å². The van der Waals surface area contributed by atoms with Crippen molar-refractivity contribution in [2.45, 2.75) is 30.0 Å². The summed E-state index contributed by atoms with van der Waals surface area (Å²) in [7, 11) is 0. The van der Waals surface area contributed by atoms with Crippen molar-refractivity contribution in [2.24, 2.45) is 0 Å². The molecule has 1 heterocycles. The van der Waals surface area contributed by atoms with Crippen molar-refractivity contribution in [2.75, 3.05) is 26.2 Å². The minimum absolute atomic E-state index is 0.0261. The zero-order valence-corrected chi connectivity index (χ0v) is 13.9. The van der Waals surface area contributed by atoms with E-state index in [4.69, 9.17) is 5.26 Å². The van der Waals surface area contributed by atoms with E-state index in [-0.39, 0.29) is 17.0 Å². The number of benzene rings is 1. The molecular weight excluding hydrogens is 343 g/mol. The number of halogens is 3. The standard InChI is InChI=1S/C15H18F3N3O2S/c1-2-20-9-14(22)5-6-21(10-14)24(23)13-4-3-12(15(16,17)18)7-11(13)8-19/h3-4,7,20,22H,2,5-6,9-10H2,1H3. The number of rotatable bonds is 5. The van der Waals surface area contributed by atoms with Crippen molar-refractivity contribution in [1.29, 1.82) is 5.26 Å². The minimum Gasteiger partial charge on any atom is -0.593 e. The second kappa shape index (κ2) is 7.29. The Labute approximate surface area is 141 Å². The largest absolute Gasteiger partial charge is 0.593 e. The van der Waals surface area contributed by atoms with Crippen molar-refractivity contribution in [1.82, 2.24) is 9.62 Å². The molecule has 0 amide bonds. The highest BCUT2D eigenvalue weighted by atomic mass is 32.2. The molecule has 5 nitrogen and oxygen atoms in total. The third-order valence-corrected chi connectivity index (χ3v) is 5.36. The molecule has 2 rings (SSSR count). The maximum atomic E-state index is 12.7. The fraction of sp³-hybridized carbons (Fsp3) is 0.533. The second-order valence-corrected chi connectivity index (χ2v) is 7.14. The third-order valence-electron chi connectivity index (χ3n) is 3.85. The average Bonchev–Trinajstić information content (AvgIpc) is 2.93. The van der Waals surface area contributed by atoms with E-state index < -0.39 is 28.7 Å². The Bertz CT molecular complexity index is 635. The molecule has 2 N–H and O–H groups in total. The van der Waals surface area contributed by atoms with Gasteiger partial charge in [0.05, 0.1) is 29.1 Å². The van der Waals surface area contributed by atoms with Crippen LogP contribution >= 0.6 is 0 Å². The highest BCUT2D eigenvalue weighted by molar-refractivity contribution is 7.89. The quantitative estimate of drug-likeness (QED) is 0.780. The van der Waals surface area contributed by atoms with E-state index in [9.17, 15) is 22.8 Å². The van der Waals surface area contributed by atoms with Crippen molar-refractivity contribution < 1.29 is 22.8 Å². The molecule has 0 saturated carbocycles. The molecule has 1 saturated heterocycles. The molecule has 1 aromatic carbocycles. The second-order valence-electron chi connectivity index (χ2n) is 5.69. The molecule has 0 aromatic heterocycles. The molecule has 9 heteroatoms. The summed E-state index contributed by atoms with van der Waals surface area (Å²) in [6, 6.07) is 4.26. The molecule has 0 radical (unpaired) electrons. The normalized spacial score (nSPS) is 23.2. The Kier molecular flexibility index (Phi) is 5.78. The van der Waals surface area contributed by atoms with Gasteiger partial charge >= 0.3 is 6.18 Å². The summed E-state index contributed by atoms with van der Waals surface area (Å²) in [5.74, 6) is 0. The van der Waals surface area contributed by atoms with Crippen LogP contribution in [0.5, 0.6) is 0 Å². The van der Waals surface area contributed by atoms with Crippen LogP contribution in [-0.4, -0.2) is 45.7 Å². The Balaban J connectivity index is 2.19. The molecule has 2 atom stereocenters. The van der Waals surface area contributed by atoms with E-state index in [1.807, 2.05) is 6.92 Å². The van der Waals surface area contributed by atoms with E-state index in [0.29, 0.717) is 32.1 Å². The maximum Gasteiger partial charge on any atom is 0.416 e. The van der Waals surface area contributed by atoms with Crippen molar-refractivity contribution >= 4 is 11.4 Å². The van der Waals surface area contributed by atoms with Crippen molar-refractivity contribution in [3.63, 3.8) is 0 Å². The maximum absolute atomic E-state index is 12.7. The minimum atomic E-state index is -4.56. The fourth-order valence-electron chi connectivity index (χ4n) is 2.55. The number of hydrogen-bond acceptors (Lipinski definition) is 5. The summed E-state index contributed by atoms with van der Waals surface area (Å²) in [6.07, 6.45) is -4.17. The fourth-order valence-corrected chi connectivity index (χ4v) is 3.92. The molecule has 1 aliphatic rings. The molecule has 24 heavy (non-hydrogen) atoms. The van der Waals surface area contributed by atoms with Gasteiger partial charge in [0.15, 0.2) is 4.90 Å². The van der Waals surface area contributed by atoms with Gasteiger partial charge in [0.1, 0.15) is 11.6 Å². The number of hydrogen-bond donors (Lipinski definition) is 2. The first-order valence-corrected chi connectivity index (χ1v) is 8.52. The number of likely N-dealkylation sites (N-methyl/N-ethyl adjacent to an activating group) is 1. The van der Waals surface area contributed by atoms with Gasteiger partial charge in [0.2, 0.25) is 0 Å². The molecule has 0 bridgehead atoms. The number of β-amino-alcohol motifs (C(OH)–C–C–N with tert-alkyl or cyclic N) is 1. The lowest BCUT2D eigenvalue weighted by molar-refractivity contribution is -0.137. The first kappa shape index (κ1) is 19.0. The topological polar surface area (TPSA) is 82.3 Å². The van der Waals surface area contributed by atoms with Crippen LogP contribution < -0.4 is 5.32 Å². The van der Waals surface area contributed by atoms with Crippen molar-refractivity contribution in [3.8, 4) is 6.07 Å². The molecular formula is C15H18F3N3O2S. The zero-order valence-electron chi connectivity index (χ0n) is 13.1. The molecule has 2 unspecified atom stereocenters. The summed E-state index contributed by atoms with van der Waals surface area (Å²) in [5.41, 5.74) is -2.26. The highest BCUT2D eigenvalue weighted by Gasteiger charge is 2.42. The highest BCUT2D eigenvalue weighted by Crippen LogP contribution is 2.33. The predicted molar refractivity (Wildman–Crippen MR) is 82.3 cm³/mol. The van der Waals surface area contributed by atoms with Gasteiger partial charge in [-0.3, -0.25) is 0 Å². The number of nitriles is 1. The van der Waals surface area contributed by atoms with Gasteiger partial charge in [-0.1, -0.05) is 6.92 Å². The first-order chi connectivity index (χ1) is 11.2. The van der Waals surface area contributed by atoms with Crippen LogP contribution in [0, 0.1) is 11.3 Å². The number of alkyl halides is 3. The van der Waals surface area contributed by atoms with Gasteiger partial charge in [-0.15, -0.1) is 4.31 Å². The number of aliphatic hydroxyl groups is 1. The van der Waals surface area contributed by atoms with Crippen LogP contribution in [0.2, 0.25) is 0 Å². The van der Waals surface area contributed by atoms with Gasteiger partial charge in [-0.25, -0.2) is 0 Å². The molecule has 1 aromatic rings. The Morgan fingerprint density at radius 2 is 2.21 bits per heavy atom. The van der Waals surface area contributed by atoms with E-state index in [0.717, 1.165) is 12.1 Å². The molecule has 1 aliphatic heterocycles. The zero-order chi connectivity index (χ0) is 18.0. The van der Waals surface area contributed by atoms with E-state index >= 15 is 0 Å². The molecule has 0 spiro atoms. The van der Waals surface area contributed by atoms with E-state index in [1.54, 1.807) is 6.07 Å². The van der Waals surface area contributed by atoms with Crippen LogP contribution in [0.1, 0.15) is 24.5 Å². The third kappa shape index (κ3) is 4.20. The van der Waals surface area contributed by atoms with Crippen LogP contribution in [0.4, 0.5) is 13.2 Å². The lowest BCUT2D eigenvalue weighted by Gasteiger charge is -2.24. The first-order valence-electron chi connectivity index (χ1n) is 7.41. The molecule has 132 valence electrons. The Morgan fingerprint density at radius 1 is 1.50 bits per heavy atom. The molecule has 1 fully saturated rings. The summed E-state index contributed by atoms with van der Waals surface area (Å²) in [4.78, 5) is 0.0261. The smallest absolute Gasteiger partial charge is 0.416 e. The number of nitrogens with one attached hydrogen (secondary N) is 1. The SMILES string of the molecule is CCNCC1(O)CCN([S+]([O-])c2ccc(C(F)(F)F)cc2C#N)C1. The lowest BCUT2D eigenvalue weighted by Crippen LogP contribution is -2.44. The summed E-state index contributed by atoms with van der Waals surface area (Å²) >= 11 is -1.80. The van der Waals surface area contributed by atoms with Crippen LogP contribution in [0.25, 0.3) is 0 Å². The predicted octanol–water partition coefficient (Wildman–Crippen LogP) is 1.65. The van der Waals surface area contributed by atoms with Crippen LogP contribution in [-0.2, 0) is 17.5 Å².